The Labute approximate surface area is 80.0 Å². The van der Waals surface area contributed by atoms with Crippen LogP contribution in [0.2, 0.25) is 0 Å². The number of fused-ring (bicyclic) bond motifs is 1. The molecule has 0 N–H and O–H groups in total. The first-order chi connectivity index (χ1) is 6.33. The first-order valence-electron chi connectivity index (χ1n) is 4.59. The van der Waals surface area contributed by atoms with Crippen LogP contribution in [0.3, 0.4) is 0 Å². The summed E-state index contributed by atoms with van der Waals surface area (Å²) in [7, 11) is 5.93. The minimum absolute atomic E-state index is 0.884. The van der Waals surface area contributed by atoms with Gasteiger partial charge in [-0.05, 0) is 22.8 Å². The van der Waals surface area contributed by atoms with Crippen molar-refractivity contribution in [2.75, 3.05) is 0 Å². The van der Waals surface area contributed by atoms with E-state index in [-0.39, 0.29) is 0 Å². The Bertz CT molecular complexity index is 427. The molecule has 0 amide bonds. The smallest absolute Gasteiger partial charge is 0.0887 e. The number of benzene rings is 2. The van der Waals surface area contributed by atoms with E-state index in [0.717, 1.165) is 11.9 Å². The van der Waals surface area contributed by atoms with Gasteiger partial charge in [-0.2, -0.15) is 0 Å². The zero-order chi connectivity index (χ0) is 9.26. The van der Waals surface area contributed by atoms with Crippen LogP contribution in [-0.2, 0) is 6.42 Å². The van der Waals surface area contributed by atoms with Crippen molar-refractivity contribution >= 4 is 24.1 Å². The van der Waals surface area contributed by atoms with Crippen LogP contribution in [0, 0.1) is 0 Å². The molecule has 0 bridgehead atoms. The highest BCUT2D eigenvalue weighted by molar-refractivity contribution is 6.39. The van der Waals surface area contributed by atoms with Crippen LogP contribution in [0.25, 0.3) is 10.8 Å². The summed E-state index contributed by atoms with van der Waals surface area (Å²) in [5.74, 6) is 0. The van der Waals surface area contributed by atoms with Crippen molar-refractivity contribution in [2.24, 2.45) is 0 Å². The summed E-state index contributed by atoms with van der Waals surface area (Å²) in [6.45, 7) is 2.15. The van der Waals surface area contributed by atoms with Crippen molar-refractivity contribution in [3.8, 4) is 0 Å². The van der Waals surface area contributed by atoms with Crippen molar-refractivity contribution in [2.45, 2.75) is 13.3 Å². The van der Waals surface area contributed by atoms with Gasteiger partial charge in [-0.25, -0.2) is 0 Å². The van der Waals surface area contributed by atoms with E-state index < -0.39 is 0 Å². The van der Waals surface area contributed by atoms with Gasteiger partial charge in [0, 0.05) is 0 Å². The number of hydrogen-bond acceptors (Lipinski definition) is 0. The Morgan fingerprint density at radius 2 is 1.77 bits per heavy atom. The normalized spacial score (nSPS) is 10.5. The minimum atomic E-state index is 0.884. The highest BCUT2D eigenvalue weighted by atomic mass is 14.0. The van der Waals surface area contributed by atoms with Crippen molar-refractivity contribution in [1.29, 1.82) is 0 Å². The quantitative estimate of drug-likeness (QED) is 0.569. The van der Waals surface area contributed by atoms with Gasteiger partial charge in [-0.1, -0.05) is 48.8 Å². The molecule has 1 heteroatoms. The SMILES string of the molecule is [B]c1cccc2cccc(CC)c12. The summed E-state index contributed by atoms with van der Waals surface area (Å²) in [4.78, 5) is 0. The Hall–Kier alpha value is -1.24. The van der Waals surface area contributed by atoms with Crippen molar-refractivity contribution in [3.63, 3.8) is 0 Å². The second kappa shape index (κ2) is 3.25. The van der Waals surface area contributed by atoms with Crippen LogP contribution in [0.15, 0.2) is 36.4 Å². The van der Waals surface area contributed by atoms with Crippen LogP contribution in [-0.4, -0.2) is 7.85 Å². The van der Waals surface area contributed by atoms with E-state index in [4.69, 9.17) is 7.85 Å². The molecule has 0 spiro atoms. The molecule has 13 heavy (non-hydrogen) atoms. The lowest BCUT2D eigenvalue weighted by Crippen LogP contribution is -2.05. The fourth-order valence-electron chi connectivity index (χ4n) is 1.74. The maximum Gasteiger partial charge on any atom is 0.114 e. The highest BCUT2D eigenvalue weighted by Gasteiger charge is 1.99. The molecular weight excluding hydrogens is 155 g/mol. The standard InChI is InChI=1S/C12H11B/c1-2-9-5-3-6-10-7-4-8-11(13)12(9)10/h3-8H,2H2,1H3. The first kappa shape index (κ1) is 8.37. The number of rotatable bonds is 1. The number of aryl methyl sites for hydroxylation is 1. The van der Waals surface area contributed by atoms with Crippen LogP contribution < -0.4 is 5.46 Å². The summed E-state index contributed by atoms with van der Waals surface area (Å²) < 4.78 is 0. The second-order valence-corrected chi connectivity index (χ2v) is 3.22. The van der Waals surface area contributed by atoms with Gasteiger partial charge in [-0.3, -0.25) is 0 Å². The Kier molecular flexibility index (Phi) is 2.09. The lowest BCUT2D eigenvalue weighted by Gasteiger charge is -2.06. The van der Waals surface area contributed by atoms with E-state index in [0.29, 0.717) is 0 Å². The summed E-state index contributed by atoms with van der Waals surface area (Å²) in [5, 5.41) is 2.45. The molecule has 2 aromatic rings. The number of hydrogen-bond donors (Lipinski definition) is 0. The third-order valence-electron chi connectivity index (χ3n) is 2.40. The monoisotopic (exact) mass is 166 g/mol. The molecule has 0 nitrogen and oxygen atoms in total. The van der Waals surface area contributed by atoms with E-state index in [1.165, 1.54) is 16.3 Å². The van der Waals surface area contributed by atoms with Crippen molar-refractivity contribution in [1.82, 2.24) is 0 Å². The van der Waals surface area contributed by atoms with E-state index in [2.05, 4.69) is 31.2 Å². The molecule has 0 saturated heterocycles. The lowest BCUT2D eigenvalue weighted by atomic mass is 9.87. The average molecular weight is 166 g/mol. The van der Waals surface area contributed by atoms with Gasteiger partial charge < -0.3 is 0 Å². The molecule has 0 aliphatic rings. The van der Waals surface area contributed by atoms with Gasteiger partial charge in [0.1, 0.15) is 7.85 Å². The van der Waals surface area contributed by atoms with Crippen LogP contribution in [0.4, 0.5) is 0 Å². The molecule has 0 fully saturated rings. The van der Waals surface area contributed by atoms with Gasteiger partial charge in [0.15, 0.2) is 0 Å². The summed E-state index contributed by atoms with van der Waals surface area (Å²) >= 11 is 0. The Morgan fingerprint density at radius 1 is 1.08 bits per heavy atom. The highest BCUT2D eigenvalue weighted by Crippen LogP contribution is 2.16. The fraction of sp³-hybridized carbons (Fsp3) is 0.167. The molecule has 2 aromatic carbocycles. The van der Waals surface area contributed by atoms with Gasteiger partial charge >= 0.3 is 0 Å². The topological polar surface area (TPSA) is 0 Å². The van der Waals surface area contributed by atoms with Gasteiger partial charge in [0.2, 0.25) is 0 Å². The maximum absolute atomic E-state index is 5.93. The predicted molar refractivity (Wildman–Crippen MR) is 58.7 cm³/mol. The molecule has 2 rings (SSSR count). The molecule has 62 valence electrons. The third-order valence-corrected chi connectivity index (χ3v) is 2.40. The van der Waals surface area contributed by atoms with Gasteiger partial charge in [-0.15, -0.1) is 0 Å². The molecule has 0 heterocycles. The summed E-state index contributed by atoms with van der Waals surface area (Å²) in [5.41, 5.74) is 2.21. The van der Waals surface area contributed by atoms with E-state index in [1.54, 1.807) is 0 Å². The van der Waals surface area contributed by atoms with Crippen LogP contribution in [0.1, 0.15) is 12.5 Å². The molecule has 0 saturated carbocycles. The third kappa shape index (κ3) is 1.35. The van der Waals surface area contributed by atoms with Crippen molar-refractivity contribution in [3.05, 3.63) is 42.0 Å². The largest absolute Gasteiger partial charge is 0.114 e. The molecule has 0 unspecified atom stereocenters. The van der Waals surface area contributed by atoms with Crippen LogP contribution >= 0.6 is 0 Å². The van der Waals surface area contributed by atoms with Crippen molar-refractivity contribution < 1.29 is 0 Å². The molecule has 2 radical (unpaired) electrons. The van der Waals surface area contributed by atoms with Gasteiger partial charge in [0.05, 0.1) is 0 Å². The zero-order valence-electron chi connectivity index (χ0n) is 7.75. The molecule has 0 atom stereocenters. The zero-order valence-corrected chi connectivity index (χ0v) is 7.75. The molecule has 0 aliphatic carbocycles. The second-order valence-electron chi connectivity index (χ2n) is 3.22. The lowest BCUT2D eigenvalue weighted by molar-refractivity contribution is 1.16. The Morgan fingerprint density at radius 3 is 2.46 bits per heavy atom. The Balaban J connectivity index is 2.87. The summed E-state index contributed by atoms with van der Waals surface area (Å²) in [6, 6.07) is 12.4. The molecular formula is C12H11B. The van der Waals surface area contributed by atoms with E-state index in [1.807, 2.05) is 12.1 Å². The first-order valence-corrected chi connectivity index (χ1v) is 4.59. The molecule has 0 aromatic heterocycles. The average Bonchev–Trinajstić information content (AvgIpc) is 2.17. The summed E-state index contributed by atoms with van der Waals surface area (Å²) in [6.07, 6.45) is 1.03. The van der Waals surface area contributed by atoms with E-state index >= 15 is 0 Å². The maximum atomic E-state index is 5.93. The minimum Gasteiger partial charge on any atom is -0.0887 e. The van der Waals surface area contributed by atoms with Crippen LogP contribution in [0.5, 0.6) is 0 Å². The fourth-order valence-corrected chi connectivity index (χ4v) is 1.74. The predicted octanol–water partition coefficient (Wildman–Crippen LogP) is 2.20. The van der Waals surface area contributed by atoms with Gasteiger partial charge in [0.25, 0.3) is 0 Å². The molecule has 0 aliphatic heterocycles. The van der Waals surface area contributed by atoms with E-state index in [9.17, 15) is 0 Å².